The number of aliphatic carboxylic acids is 1. The van der Waals surface area contributed by atoms with Gasteiger partial charge in [-0.2, -0.15) is 0 Å². The molecule has 0 saturated carbocycles. The Morgan fingerprint density at radius 1 is 1.35 bits per heavy atom. The van der Waals surface area contributed by atoms with Gasteiger partial charge in [-0.05, 0) is 17.7 Å². The van der Waals surface area contributed by atoms with Gasteiger partial charge in [-0.1, -0.05) is 12.1 Å². The monoisotopic (exact) mass is 248 g/mol. The van der Waals surface area contributed by atoms with Gasteiger partial charge in [0.2, 0.25) is 0 Å². The molecule has 2 aromatic rings. The molecule has 0 spiro atoms. The Kier molecular flexibility index (Phi) is 3.39. The molecule has 0 saturated heterocycles. The minimum absolute atomic E-state index is 0.0156. The molecule has 1 aromatic heterocycles. The predicted molar refractivity (Wildman–Crippen MR) is 67.1 cm³/mol. The van der Waals surface area contributed by atoms with E-state index in [2.05, 4.69) is 4.98 Å². The van der Waals surface area contributed by atoms with E-state index in [-0.39, 0.29) is 6.42 Å². The Morgan fingerprint density at radius 2 is 2.06 bits per heavy atom. The highest BCUT2D eigenvalue weighted by atomic mass is 32.1. The molecule has 0 aliphatic rings. The number of nitrogen functional groups attached to an aromatic ring is 1. The van der Waals surface area contributed by atoms with Crippen molar-refractivity contribution >= 4 is 23.0 Å². The number of rotatable bonds is 4. The third-order valence-electron chi connectivity index (χ3n) is 2.27. The van der Waals surface area contributed by atoms with Gasteiger partial charge in [-0.15, -0.1) is 11.3 Å². The number of carbonyl (C=O) groups is 1. The highest BCUT2D eigenvalue weighted by molar-refractivity contribution is 7.09. The summed E-state index contributed by atoms with van der Waals surface area (Å²) >= 11 is 1.48. The number of anilines is 1. The second-order valence-corrected chi connectivity index (χ2v) is 4.66. The first-order valence-electron chi connectivity index (χ1n) is 5.13. The molecule has 0 radical (unpaired) electrons. The second-order valence-electron chi connectivity index (χ2n) is 3.72. The summed E-state index contributed by atoms with van der Waals surface area (Å²) in [7, 11) is 0. The average molecular weight is 248 g/mol. The quantitative estimate of drug-likeness (QED) is 0.811. The van der Waals surface area contributed by atoms with Crippen LogP contribution in [-0.4, -0.2) is 16.1 Å². The van der Waals surface area contributed by atoms with E-state index in [0.29, 0.717) is 12.1 Å². The zero-order valence-corrected chi connectivity index (χ0v) is 9.91. The molecule has 5 heteroatoms. The number of hydrogen-bond donors (Lipinski definition) is 2. The van der Waals surface area contributed by atoms with Gasteiger partial charge in [0.25, 0.3) is 0 Å². The second kappa shape index (κ2) is 4.97. The number of benzene rings is 1. The Labute approximate surface area is 103 Å². The lowest BCUT2D eigenvalue weighted by atomic mass is 10.1. The minimum atomic E-state index is -0.852. The molecule has 17 heavy (non-hydrogen) atoms. The lowest BCUT2D eigenvalue weighted by molar-refractivity contribution is -0.136. The van der Waals surface area contributed by atoms with Crippen LogP contribution < -0.4 is 5.73 Å². The standard InChI is InChI=1S/C12H12N2O2S/c13-9-3-1-8(2-4-9)5-11-14-10(7-17-11)6-12(15)16/h1-4,7H,5-6,13H2,(H,15,16). The fourth-order valence-corrected chi connectivity index (χ4v) is 2.30. The lowest BCUT2D eigenvalue weighted by Crippen LogP contribution is -2.00. The summed E-state index contributed by atoms with van der Waals surface area (Å²) in [5.74, 6) is -0.852. The fourth-order valence-electron chi connectivity index (χ4n) is 1.48. The molecule has 0 bridgehead atoms. The van der Waals surface area contributed by atoms with Crippen LogP contribution in [-0.2, 0) is 17.6 Å². The molecule has 1 heterocycles. The van der Waals surface area contributed by atoms with Gasteiger partial charge >= 0.3 is 5.97 Å². The van der Waals surface area contributed by atoms with Crippen molar-refractivity contribution in [2.45, 2.75) is 12.8 Å². The summed E-state index contributed by atoms with van der Waals surface area (Å²) in [6.45, 7) is 0. The molecular formula is C12H12N2O2S. The third-order valence-corrected chi connectivity index (χ3v) is 3.16. The van der Waals surface area contributed by atoms with Gasteiger partial charge in [-0.3, -0.25) is 4.79 Å². The first-order valence-corrected chi connectivity index (χ1v) is 6.01. The highest BCUT2D eigenvalue weighted by Gasteiger charge is 2.06. The molecule has 3 N–H and O–H groups in total. The number of hydrogen-bond acceptors (Lipinski definition) is 4. The van der Waals surface area contributed by atoms with E-state index < -0.39 is 5.97 Å². The number of thiazole rings is 1. The van der Waals surface area contributed by atoms with Crippen LogP contribution in [0.2, 0.25) is 0 Å². The van der Waals surface area contributed by atoms with Crippen LogP contribution in [0.1, 0.15) is 16.3 Å². The molecule has 0 aliphatic carbocycles. The summed E-state index contributed by atoms with van der Waals surface area (Å²) in [6, 6.07) is 7.60. The Balaban J connectivity index is 2.06. The summed E-state index contributed by atoms with van der Waals surface area (Å²) < 4.78 is 0. The van der Waals surface area contributed by atoms with Crippen molar-refractivity contribution in [3.8, 4) is 0 Å². The van der Waals surface area contributed by atoms with Crippen molar-refractivity contribution in [3.63, 3.8) is 0 Å². The Morgan fingerprint density at radius 3 is 2.71 bits per heavy atom. The van der Waals surface area contributed by atoms with Gasteiger partial charge in [-0.25, -0.2) is 4.98 Å². The highest BCUT2D eigenvalue weighted by Crippen LogP contribution is 2.16. The average Bonchev–Trinajstić information content (AvgIpc) is 2.68. The maximum absolute atomic E-state index is 10.5. The first kappa shape index (κ1) is 11.6. The normalized spacial score (nSPS) is 10.4. The zero-order chi connectivity index (χ0) is 12.3. The lowest BCUT2D eigenvalue weighted by Gasteiger charge is -1.98. The largest absolute Gasteiger partial charge is 0.481 e. The van der Waals surface area contributed by atoms with E-state index in [9.17, 15) is 4.79 Å². The maximum Gasteiger partial charge on any atom is 0.309 e. The van der Waals surface area contributed by atoms with E-state index in [0.717, 1.165) is 16.3 Å². The Hall–Kier alpha value is -1.88. The van der Waals surface area contributed by atoms with Crippen LogP contribution in [0, 0.1) is 0 Å². The maximum atomic E-state index is 10.5. The predicted octanol–water partition coefficient (Wildman–Crippen LogP) is 1.94. The topological polar surface area (TPSA) is 76.2 Å². The van der Waals surface area contributed by atoms with Crippen molar-refractivity contribution in [3.05, 3.63) is 45.9 Å². The van der Waals surface area contributed by atoms with Crippen molar-refractivity contribution in [1.82, 2.24) is 4.98 Å². The van der Waals surface area contributed by atoms with Crippen molar-refractivity contribution in [2.24, 2.45) is 0 Å². The SMILES string of the molecule is Nc1ccc(Cc2nc(CC(=O)O)cs2)cc1. The zero-order valence-electron chi connectivity index (χ0n) is 9.09. The van der Waals surface area contributed by atoms with E-state index in [1.165, 1.54) is 11.3 Å². The Bertz CT molecular complexity index is 520. The molecule has 88 valence electrons. The summed E-state index contributed by atoms with van der Waals surface area (Å²) in [4.78, 5) is 14.8. The van der Waals surface area contributed by atoms with Gasteiger partial charge in [0, 0.05) is 17.5 Å². The number of nitrogens with zero attached hydrogens (tertiary/aromatic N) is 1. The minimum Gasteiger partial charge on any atom is -0.481 e. The number of nitrogens with two attached hydrogens (primary N) is 1. The van der Waals surface area contributed by atoms with Crippen LogP contribution in [0.25, 0.3) is 0 Å². The summed E-state index contributed by atoms with van der Waals surface area (Å²) in [5, 5.41) is 11.4. The number of carboxylic acids is 1. The smallest absolute Gasteiger partial charge is 0.309 e. The van der Waals surface area contributed by atoms with E-state index in [1.807, 2.05) is 24.3 Å². The van der Waals surface area contributed by atoms with Gasteiger partial charge < -0.3 is 10.8 Å². The third kappa shape index (κ3) is 3.29. The first-order chi connectivity index (χ1) is 8.13. The summed E-state index contributed by atoms with van der Waals surface area (Å²) in [5.41, 5.74) is 8.08. The van der Waals surface area contributed by atoms with E-state index >= 15 is 0 Å². The van der Waals surface area contributed by atoms with Crippen LogP contribution >= 0.6 is 11.3 Å². The van der Waals surface area contributed by atoms with E-state index in [1.54, 1.807) is 5.38 Å². The molecule has 2 rings (SSSR count). The fraction of sp³-hybridized carbons (Fsp3) is 0.167. The van der Waals surface area contributed by atoms with Crippen LogP contribution in [0.5, 0.6) is 0 Å². The van der Waals surface area contributed by atoms with Crippen LogP contribution in [0.15, 0.2) is 29.6 Å². The van der Waals surface area contributed by atoms with E-state index in [4.69, 9.17) is 10.8 Å². The molecule has 4 nitrogen and oxygen atoms in total. The molecular weight excluding hydrogens is 236 g/mol. The van der Waals surface area contributed by atoms with Gasteiger partial charge in [0.05, 0.1) is 17.1 Å². The molecule has 0 atom stereocenters. The van der Waals surface area contributed by atoms with Crippen molar-refractivity contribution in [2.75, 3.05) is 5.73 Å². The van der Waals surface area contributed by atoms with Crippen LogP contribution in [0.3, 0.4) is 0 Å². The van der Waals surface area contributed by atoms with Gasteiger partial charge in [0.15, 0.2) is 0 Å². The van der Waals surface area contributed by atoms with Gasteiger partial charge in [0.1, 0.15) is 0 Å². The molecule has 0 fully saturated rings. The molecule has 0 amide bonds. The summed E-state index contributed by atoms with van der Waals surface area (Å²) in [6.07, 6.45) is 0.697. The number of aromatic nitrogens is 1. The molecule has 1 aromatic carbocycles. The number of carboxylic acid groups (broad SMARTS) is 1. The molecule has 0 aliphatic heterocycles. The van der Waals surface area contributed by atoms with Crippen LogP contribution in [0.4, 0.5) is 5.69 Å². The van der Waals surface area contributed by atoms with Crippen molar-refractivity contribution in [1.29, 1.82) is 0 Å². The molecule has 0 unspecified atom stereocenters. The van der Waals surface area contributed by atoms with Crippen molar-refractivity contribution < 1.29 is 9.90 Å².